The average Bonchev–Trinajstić information content (AvgIpc) is 2.68. The molecule has 0 N–H and O–H groups in total. The highest BCUT2D eigenvalue weighted by molar-refractivity contribution is 6.16. The van der Waals surface area contributed by atoms with E-state index in [0.717, 1.165) is 5.56 Å². The summed E-state index contributed by atoms with van der Waals surface area (Å²) >= 11 is 5.79. The van der Waals surface area contributed by atoms with Crippen LogP contribution in [-0.4, -0.2) is 20.7 Å². The summed E-state index contributed by atoms with van der Waals surface area (Å²) in [6.45, 7) is 2.10. The highest BCUT2D eigenvalue weighted by Crippen LogP contribution is 2.24. The van der Waals surface area contributed by atoms with Crippen molar-refractivity contribution in [3.05, 3.63) is 23.7 Å². The van der Waals surface area contributed by atoms with Crippen LogP contribution in [0, 0.1) is 6.92 Å². The maximum Gasteiger partial charge on any atom is 0.389 e. The van der Waals surface area contributed by atoms with E-state index in [1.807, 2.05) is 13.0 Å². The van der Waals surface area contributed by atoms with Crippen molar-refractivity contribution in [1.29, 1.82) is 0 Å². The number of rotatable bonds is 4. The Morgan fingerprint density at radius 3 is 2.74 bits per heavy atom. The minimum absolute atomic E-state index is 0.00549. The maximum atomic E-state index is 12.2. The van der Waals surface area contributed by atoms with Crippen LogP contribution >= 0.6 is 11.6 Å². The van der Waals surface area contributed by atoms with Crippen LogP contribution in [0.15, 0.2) is 12.3 Å². The van der Waals surface area contributed by atoms with E-state index in [9.17, 15) is 13.2 Å². The molecule has 0 aliphatic rings. The van der Waals surface area contributed by atoms with Crippen molar-refractivity contribution < 1.29 is 13.2 Å². The number of aryl methyl sites for hydroxylation is 2. The first kappa shape index (κ1) is 14.1. The number of alkyl halides is 4. The minimum atomic E-state index is -4.14. The zero-order chi connectivity index (χ0) is 14.0. The summed E-state index contributed by atoms with van der Waals surface area (Å²) in [6.07, 6.45) is -3.34. The highest BCUT2D eigenvalue weighted by atomic mass is 35.5. The van der Waals surface area contributed by atoms with Crippen molar-refractivity contribution in [3.8, 4) is 0 Å². The molecule has 0 fully saturated rings. The molecule has 0 aliphatic heterocycles. The molecule has 0 aromatic carbocycles. The first-order valence-electron chi connectivity index (χ1n) is 5.86. The van der Waals surface area contributed by atoms with Crippen molar-refractivity contribution in [2.45, 2.75) is 38.4 Å². The number of halogens is 4. The number of hydrogen-bond donors (Lipinski definition) is 0. The van der Waals surface area contributed by atoms with E-state index in [-0.39, 0.29) is 18.8 Å². The van der Waals surface area contributed by atoms with Gasteiger partial charge in [-0.15, -0.1) is 11.6 Å². The van der Waals surface area contributed by atoms with Crippen molar-refractivity contribution >= 4 is 22.8 Å². The number of aromatic nitrogens is 3. The molecule has 0 aliphatic carbocycles. The molecule has 0 bridgehead atoms. The fourth-order valence-corrected chi connectivity index (χ4v) is 2.16. The fraction of sp³-hybridized carbons (Fsp3) is 0.500. The topological polar surface area (TPSA) is 30.7 Å². The molecule has 2 aromatic heterocycles. The molecule has 2 aromatic rings. The monoisotopic (exact) mass is 291 g/mol. The molecular formula is C12H13ClF3N3. The minimum Gasteiger partial charge on any atom is -0.312 e. The van der Waals surface area contributed by atoms with Crippen LogP contribution < -0.4 is 0 Å². The van der Waals surface area contributed by atoms with E-state index in [2.05, 4.69) is 9.97 Å². The average molecular weight is 292 g/mol. The van der Waals surface area contributed by atoms with Crippen LogP contribution in [0.2, 0.25) is 0 Å². The molecule has 104 valence electrons. The van der Waals surface area contributed by atoms with Gasteiger partial charge < -0.3 is 4.57 Å². The molecule has 0 saturated carbocycles. The number of fused-ring (bicyclic) bond motifs is 1. The SMILES string of the molecule is Cc1ccnc2c1nc(CCl)n2CCCC(F)(F)F. The highest BCUT2D eigenvalue weighted by Gasteiger charge is 2.26. The molecule has 3 nitrogen and oxygen atoms in total. The number of pyridine rings is 1. The number of hydrogen-bond acceptors (Lipinski definition) is 2. The van der Waals surface area contributed by atoms with Crippen LogP contribution in [-0.2, 0) is 12.4 Å². The third-order valence-electron chi connectivity index (χ3n) is 2.88. The van der Waals surface area contributed by atoms with E-state index in [4.69, 9.17) is 11.6 Å². The summed E-state index contributed by atoms with van der Waals surface area (Å²) in [4.78, 5) is 8.52. The Kier molecular flexibility index (Phi) is 3.99. The predicted molar refractivity (Wildman–Crippen MR) is 67.1 cm³/mol. The van der Waals surface area contributed by atoms with E-state index >= 15 is 0 Å². The smallest absolute Gasteiger partial charge is 0.312 e. The van der Waals surface area contributed by atoms with Gasteiger partial charge in [-0.1, -0.05) is 0 Å². The van der Waals surface area contributed by atoms with Crippen LogP contribution in [0.5, 0.6) is 0 Å². The summed E-state index contributed by atoms with van der Waals surface area (Å²) in [6, 6.07) is 1.81. The molecule has 0 atom stereocenters. The predicted octanol–water partition coefficient (Wildman–Crippen LogP) is 3.82. The molecule has 0 spiro atoms. The first-order valence-corrected chi connectivity index (χ1v) is 6.39. The van der Waals surface area contributed by atoms with Gasteiger partial charge in [-0.25, -0.2) is 9.97 Å². The summed E-state index contributed by atoms with van der Waals surface area (Å²) in [7, 11) is 0. The Morgan fingerprint density at radius 1 is 1.37 bits per heavy atom. The number of nitrogens with zero attached hydrogens (tertiary/aromatic N) is 3. The second-order valence-electron chi connectivity index (χ2n) is 4.33. The Balaban J connectivity index is 2.28. The van der Waals surface area contributed by atoms with Crippen LogP contribution in [0.3, 0.4) is 0 Å². The second kappa shape index (κ2) is 5.36. The molecular weight excluding hydrogens is 279 g/mol. The van der Waals surface area contributed by atoms with Gasteiger partial charge in [0.15, 0.2) is 5.65 Å². The Morgan fingerprint density at radius 2 is 2.11 bits per heavy atom. The van der Waals surface area contributed by atoms with E-state index in [1.165, 1.54) is 0 Å². The van der Waals surface area contributed by atoms with Gasteiger partial charge >= 0.3 is 6.18 Å². The van der Waals surface area contributed by atoms with Gasteiger partial charge in [-0.2, -0.15) is 13.2 Å². The van der Waals surface area contributed by atoms with Gasteiger partial charge in [0.05, 0.1) is 5.88 Å². The first-order chi connectivity index (χ1) is 8.92. The summed E-state index contributed by atoms with van der Waals surface area (Å²) in [5, 5.41) is 0. The standard InChI is InChI=1S/C12H13ClF3N3/c1-8-3-5-17-11-10(8)18-9(7-13)19(11)6-2-4-12(14,15)16/h3,5H,2,4,6-7H2,1H3. The Hall–Kier alpha value is -1.30. The fourth-order valence-electron chi connectivity index (χ4n) is 1.96. The van der Waals surface area contributed by atoms with Gasteiger partial charge in [0, 0.05) is 19.2 Å². The quantitative estimate of drug-likeness (QED) is 0.802. The molecule has 7 heteroatoms. The Bertz CT molecular complexity index is 577. The Labute approximate surface area is 113 Å². The number of imidazole rings is 1. The largest absolute Gasteiger partial charge is 0.389 e. The van der Waals surface area contributed by atoms with Crippen molar-refractivity contribution in [1.82, 2.24) is 14.5 Å². The molecule has 19 heavy (non-hydrogen) atoms. The zero-order valence-electron chi connectivity index (χ0n) is 10.3. The summed E-state index contributed by atoms with van der Waals surface area (Å²) in [5.41, 5.74) is 2.23. The van der Waals surface area contributed by atoms with Gasteiger partial charge in [-0.3, -0.25) is 0 Å². The molecule has 2 heterocycles. The maximum absolute atomic E-state index is 12.2. The third-order valence-corrected chi connectivity index (χ3v) is 3.12. The van der Waals surface area contributed by atoms with Crippen LogP contribution in [0.4, 0.5) is 13.2 Å². The summed E-state index contributed by atoms with van der Waals surface area (Å²) in [5.74, 6) is 0.711. The van der Waals surface area contributed by atoms with Gasteiger partial charge in [-0.05, 0) is 25.0 Å². The molecule has 0 amide bonds. The van der Waals surface area contributed by atoms with Gasteiger partial charge in [0.1, 0.15) is 11.3 Å². The van der Waals surface area contributed by atoms with Crippen molar-refractivity contribution in [3.63, 3.8) is 0 Å². The molecule has 0 unspecified atom stereocenters. The lowest BCUT2D eigenvalue weighted by Crippen LogP contribution is -2.10. The van der Waals surface area contributed by atoms with Crippen molar-refractivity contribution in [2.24, 2.45) is 0 Å². The third kappa shape index (κ3) is 3.18. The molecule has 0 radical (unpaired) electrons. The van der Waals surface area contributed by atoms with Crippen LogP contribution in [0.1, 0.15) is 24.2 Å². The zero-order valence-corrected chi connectivity index (χ0v) is 11.1. The van der Waals surface area contributed by atoms with E-state index in [1.54, 1.807) is 10.8 Å². The van der Waals surface area contributed by atoms with E-state index < -0.39 is 12.6 Å². The molecule has 0 saturated heterocycles. The van der Waals surface area contributed by atoms with Gasteiger partial charge in [0.25, 0.3) is 0 Å². The van der Waals surface area contributed by atoms with Gasteiger partial charge in [0.2, 0.25) is 0 Å². The molecule has 2 rings (SSSR count). The lowest BCUT2D eigenvalue weighted by molar-refractivity contribution is -0.135. The van der Waals surface area contributed by atoms with Crippen LogP contribution in [0.25, 0.3) is 11.2 Å². The van der Waals surface area contributed by atoms with Crippen molar-refractivity contribution in [2.75, 3.05) is 0 Å². The summed E-state index contributed by atoms with van der Waals surface area (Å²) < 4.78 is 38.2. The van der Waals surface area contributed by atoms with E-state index in [0.29, 0.717) is 17.0 Å². The lowest BCUT2D eigenvalue weighted by Gasteiger charge is -2.09. The lowest BCUT2D eigenvalue weighted by atomic mass is 10.2. The second-order valence-corrected chi connectivity index (χ2v) is 4.60. The normalized spacial score (nSPS) is 12.3.